The number of carboxylic acids is 1. The van der Waals surface area contributed by atoms with E-state index >= 15 is 0 Å². The van der Waals surface area contributed by atoms with E-state index in [0.29, 0.717) is 11.8 Å². The van der Waals surface area contributed by atoms with Crippen LogP contribution in [0.5, 0.6) is 5.88 Å². The maximum atomic E-state index is 10.4. The molecule has 0 atom stereocenters. The summed E-state index contributed by atoms with van der Waals surface area (Å²) in [5, 5.41) is 8.55. The van der Waals surface area contributed by atoms with E-state index in [1.807, 2.05) is 6.92 Å². The van der Waals surface area contributed by atoms with Crippen LogP contribution < -0.4 is 9.64 Å². The zero-order valence-corrected chi connectivity index (χ0v) is 9.72. The summed E-state index contributed by atoms with van der Waals surface area (Å²) in [5.74, 6) is -0.0614. The summed E-state index contributed by atoms with van der Waals surface area (Å²) in [7, 11) is 0. The van der Waals surface area contributed by atoms with E-state index < -0.39 is 5.97 Å². The standard InChI is InChI=1S/C11H15N3O3/c1-8-6-9(17-7-10(15)16)13-11(12-8)14-4-2-3-5-14/h6H,2-5,7H2,1H3,(H,15,16). The Bertz CT molecular complexity index is 416. The zero-order valence-electron chi connectivity index (χ0n) is 9.72. The molecule has 1 aromatic rings. The highest BCUT2D eigenvalue weighted by Gasteiger charge is 2.16. The van der Waals surface area contributed by atoms with Gasteiger partial charge in [-0.05, 0) is 19.8 Å². The van der Waals surface area contributed by atoms with Crippen molar-refractivity contribution in [1.29, 1.82) is 0 Å². The predicted octanol–water partition coefficient (Wildman–Crippen LogP) is 0.849. The highest BCUT2D eigenvalue weighted by Crippen LogP contribution is 2.19. The molecule has 1 aromatic heterocycles. The van der Waals surface area contributed by atoms with Crippen LogP contribution in [0.2, 0.25) is 0 Å². The molecule has 0 aromatic carbocycles. The van der Waals surface area contributed by atoms with Crippen molar-refractivity contribution < 1.29 is 14.6 Å². The van der Waals surface area contributed by atoms with Crippen molar-refractivity contribution in [2.75, 3.05) is 24.6 Å². The molecule has 0 amide bonds. The highest BCUT2D eigenvalue weighted by molar-refractivity contribution is 5.68. The first-order valence-electron chi connectivity index (χ1n) is 5.60. The average molecular weight is 237 g/mol. The fraction of sp³-hybridized carbons (Fsp3) is 0.545. The minimum Gasteiger partial charge on any atom is -0.479 e. The fourth-order valence-corrected chi connectivity index (χ4v) is 1.79. The number of rotatable bonds is 4. The monoisotopic (exact) mass is 237 g/mol. The number of aromatic nitrogens is 2. The van der Waals surface area contributed by atoms with Crippen LogP contribution in [0.3, 0.4) is 0 Å². The van der Waals surface area contributed by atoms with E-state index in [-0.39, 0.29) is 6.61 Å². The summed E-state index contributed by atoms with van der Waals surface area (Å²) < 4.78 is 5.07. The Hall–Kier alpha value is -1.85. The molecule has 0 radical (unpaired) electrons. The summed E-state index contributed by atoms with van der Waals surface area (Å²) in [6.07, 6.45) is 2.28. The number of hydrogen-bond acceptors (Lipinski definition) is 5. The number of carboxylic acid groups (broad SMARTS) is 1. The van der Waals surface area contributed by atoms with Crippen LogP contribution in [-0.4, -0.2) is 40.7 Å². The van der Waals surface area contributed by atoms with Crippen molar-refractivity contribution in [2.24, 2.45) is 0 Å². The minimum atomic E-state index is -1.01. The van der Waals surface area contributed by atoms with Gasteiger partial charge in [-0.2, -0.15) is 4.98 Å². The van der Waals surface area contributed by atoms with Crippen molar-refractivity contribution in [1.82, 2.24) is 9.97 Å². The van der Waals surface area contributed by atoms with Crippen molar-refractivity contribution in [3.8, 4) is 5.88 Å². The summed E-state index contributed by atoms with van der Waals surface area (Å²) in [4.78, 5) is 21.1. The van der Waals surface area contributed by atoms with Gasteiger partial charge in [0.05, 0.1) is 0 Å². The summed E-state index contributed by atoms with van der Waals surface area (Å²) in [5.41, 5.74) is 0.780. The lowest BCUT2D eigenvalue weighted by Gasteiger charge is -2.16. The number of hydrogen-bond donors (Lipinski definition) is 1. The van der Waals surface area contributed by atoms with Gasteiger partial charge >= 0.3 is 5.97 Å². The van der Waals surface area contributed by atoms with Gasteiger partial charge in [-0.3, -0.25) is 0 Å². The normalized spacial score (nSPS) is 15.0. The van der Waals surface area contributed by atoms with Crippen LogP contribution in [0.1, 0.15) is 18.5 Å². The number of ether oxygens (including phenoxy) is 1. The molecule has 0 spiro atoms. The van der Waals surface area contributed by atoms with Gasteiger partial charge in [0.15, 0.2) is 6.61 Å². The first-order valence-corrected chi connectivity index (χ1v) is 5.60. The maximum Gasteiger partial charge on any atom is 0.341 e. The molecule has 0 aliphatic carbocycles. The molecular formula is C11H15N3O3. The zero-order chi connectivity index (χ0) is 12.3. The Labute approximate surface area is 99.2 Å². The van der Waals surface area contributed by atoms with Gasteiger partial charge in [0.1, 0.15) is 0 Å². The van der Waals surface area contributed by atoms with Crippen molar-refractivity contribution >= 4 is 11.9 Å². The van der Waals surface area contributed by atoms with Gasteiger partial charge < -0.3 is 14.7 Å². The van der Waals surface area contributed by atoms with E-state index in [0.717, 1.165) is 31.6 Å². The third-order valence-corrected chi connectivity index (χ3v) is 2.55. The molecule has 6 nitrogen and oxygen atoms in total. The lowest BCUT2D eigenvalue weighted by Crippen LogP contribution is -2.21. The van der Waals surface area contributed by atoms with E-state index in [1.54, 1.807) is 6.07 Å². The van der Waals surface area contributed by atoms with Crippen LogP contribution >= 0.6 is 0 Å². The summed E-state index contributed by atoms with van der Waals surface area (Å²) in [6.45, 7) is 3.36. The molecule has 2 heterocycles. The number of aryl methyl sites for hydroxylation is 1. The highest BCUT2D eigenvalue weighted by atomic mass is 16.5. The predicted molar refractivity (Wildman–Crippen MR) is 61.3 cm³/mol. The fourth-order valence-electron chi connectivity index (χ4n) is 1.79. The molecular weight excluding hydrogens is 222 g/mol. The average Bonchev–Trinajstić information content (AvgIpc) is 2.79. The molecule has 1 N–H and O–H groups in total. The van der Waals surface area contributed by atoms with E-state index in [4.69, 9.17) is 9.84 Å². The van der Waals surface area contributed by atoms with Gasteiger partial charge in [0, 0.05) is 24.8 Å². The molecule has 1 aliphatic heterocycles. The number of aliphatic carboxylic acids is 1. The van der Waals surface area contributed by atoms with Gasteiger partial charge in [0.2, 0.25) is 11.8 Å². The Kier molecular flexibility index (Phi) is 3.41. The third kappa shape index (κ3) is 3.05. The molecule has 1 aliphatic rings. The minimum absolute atomic E-state index is 0.321. The van der Waals surface area contributed by atoms with Crippen LogP contribution in [0.25, 0.3) is 0 Å². The largest absolute Gasteiger partial charge is 0.479 e. The van der Waals surface area contributed by atoms with Gasteiger partial charge in [-0.1, -0.05) is 0 Å². The molecule has 0 unspecified atom stereocenters. The first-order chi connectivity index (χ1) is 8.15. The smallest absolute Gasteiger partial charge is 0.341 e. The van der Waals surface area contributed by atoms with Gasteiger partial charge in [0.25, 0.3) is 0 Å². The molecule has 92 valence electrons. The van der Waals surface area contributed by atoms with E-state index in [1.165, 1.54) is 0 Å². The summed E-state index contributed by atoms with van der Waals surface area (Å²) >= 11 is 0. The SMILES string of the molecule is Cc1cc(OCC(=O)O)nc(N2CCCC2)n1. The Morgan fingerprint density at radius 2 is 2.18 bits per heavy atom. The number of carbonyl (C=O) groups is 1. The lowest BCUT2D eigenvalue weighted by atomic mass is 10.4. The lowest BCUT2D eigenvalue weighted by molar-refractivity contribution is -0.139. The Morgan fingerprint density at radius 1 is 1.47 bits per heavy atom. The van der Waals surface area contributed by atoms with Crippen molar-refractivity contribution in [3.63, 3.8) is 0 Å². The molecule has 17 heavy (non-hydrogen) atoms. The van der Waals surface area contributed by atoms with Crippen LogP contribution in [0.15, 0.2) is 6.07 Å². The number of anilines is 1. The number of nitrogens with zero attached hydrogens (tertiary/aromatic N) is 3. The first kappa shape index (κ1) is 11.6. The third-order valence-electron chi connectivity index (χ3n) is 2.55. The van der Waals surface area contributed by atoms with Crippen LogP contribution in [0, 0.1) is 6.92 Å². The molecule has 6 heteroatoms. The molecule has 2 rings (SSSR count). The second kappa shape index (κ2) is 4.99. The van der Waals surface area contributed by atoms with Crippen molar-refractivity contribution in [3.05, 3.63) is 11.8 Å². The second-order valence-electron chi connectivity index (χ2n) is 4.02. The van der Waals surface area contributed by atoms with Gasteiger partial charge in [-0.25, -0.2) is 9.78 Å². The quantitative estimate of drug-likeness (QED) is 0.836. The van der Waals surface area contributed by atoms with E-state index in [9.17, 15) is 4.79 Å². The van der Waals surface area contributed by atoms with E-state index in [2.05, 4.69) is 14.9 Å². The molecule has 1 saturated heterocycles. The Balaban J connectivity index is 2.13. The Morgan fingerprint density at radius 3 is 2.82 bits per heavy atom. The maximum absolute atomic E-state index is 10.4. The molecule has 1 fully saturated rings. The van der Waals surface area contributed by atoms with Gasteiger partial charge in [-0.15, -0.1) is 0 Å². The van der Waals surface area contributed by atoms with Crippen molar-refractivity contribution in [2.45, 2.75) is 19.8 Å². The summed E-state index contributed by atoms with van der Waals surface area (Å²) in [6, 6.07) is 1.64. The molecule has 0 saturated carbocycles. The molecule has 0 bridgehead atoms. The second-order valence-corrected chi connectivity index (χ2v) is 4.02. The van der Waals surface area contributed by atoms with Crippen LogP contribution in [0.4, 0.5) is 5.95 Å². The van der Waals surface area contributed by atoms with Crippen LogP contribution in [-0.2, 0) is 4.79 Å². The topological polar surface area (TPSA) is 75.6 Å².